The number of aryl methyl sites for hydroxylation is 2. The first-order valence-corrected chi connectivity index (χ1v) is 9.61. The van der Waals surface area contributed by atoms with Gasteiger partial charge in [0, 0.05) is 10.7 Å². The summed E-state index contributed by atoms with van der Waals surface area (Å²) in [6.07, 6.45) is 2.55. The van der Waals surface area contributed by atoms with Crippen LogP contribution in [0.2, 0.25) is 5.02 Å². The summed E-state index contributed by atoms with van der Waals surface area (Å²) in [6.45, 7) is 4.03. The fourth-order valence-electron chi connectivity index (χ4n) is 2.43. The van der Waals surface area contributed by atoms with Crippen molar-refractivity contribution in [2.75, 3.05) is 11.1 Å². The molecule has 0 saturated heterocycles. The zero-order valence-corrected chi connectivity index (χ0v) is 16.1. The van der Waals surface area contributed by atoms with Crippen LogP contribution in [0.25, 0.3) is 5.69 Å². The second kappa shape index (κ2) is 8.38. The number of nitrogens with zero attached hydrogens (tertiary/aromatic N) is 3. The van der Waals surface area contributed by atoms with Crippen molar-refractivity contribution in [2.45, 2.75) is 25.4 Å². The largest absolute Gasteiger partial charge is 0.325 e. The summed E-state index contributed by atoms with van der Waals surface area (Å²) in [5, 5.41) is 12.3. The predicted octanol–water partition coefficient (Wildman–Crippen LogP) is 4.52. The molecule has 7 heteroatoms. The number of nitrogens with one attached hydrogen (secondary N) is 1. The standard InChI is InChI=1S/C19H19ClN4OS/c1-3-14-5-4-6-15(9-14)22-18(25)11-26-19-23-21-12-24(19)16-8-7-13(2)17(20)10-16/h4-10,12H,3,11H2,1-2H3,(H,22,25). The molecule has 0 aliphatic carbocycles. The maximum Gasteiger partial charge on any atom is 0.234 e. The van der Waals surface area contributed by atoms with E-state index < -0.39 is 0 Å². The van der Waals surface area contributed by atoms with Crippen LogP contribution >= 0.6 is 23.4 Å². The summed E-state index contributed by atoms with van der Waals surface area (Å²) in [4.78, 5) is 12.2. The molecule has 0 aliphatic heterocycles. The van der Waals surface area contributed by atoms with Crippen molar-refractivity contribution in [1.82, 2.24) is 14.8 Å². The topological polar surface area (TPSA) is 59.8 Å². The number of halogens is 1. The molecular formula is C19H19ClN4OS. The molecule has 0 radical (unpaired) electrons. The SMILES string of the molecule is CCc1cccc(NC(=O)CSc2nncn2-c2ccc(C)c(Cl)c2)c1. The summed E-state index contributed by atoms with van der Waals surface area (Å²) in [5.41, 5.74) is 3.86. The van der Waals surface area contributed by atoms with E-state index in [1.54, 1.807) is 6.33 Å². The van der Waals surface area contributed by atoms with E-state index in [0.29, 0.717) is 10.2 Å². The van der Waals surface area contributed by atoms with E-state index in [2.05, 4.69) is 22.4 Å². The zero-order valence-electron chi connectivity index (χ0n) is 14.6. The van der Waals surface area contributed by atoms with Gasteiger partial charge in [0.25, 0.3) is 0 Å². The number of aromatic nitrogens is 3. The number of rotatable bonds is 6. The molecule has 26 heavy (non-hydrogen) atoms. The third-order valence-corrected chi connectivity index (χ3v) is 5.25. The van der Waals surface area contributed by atoms with Gasteiger partial charge in [-0.05, 0) is 48.7 Å². The van der Waals surface area contributed by atoms with Gasteiger partial charge in [0.1, 0.15) is 6.33 Å². The lowest BCUT2D eigenvalue weighted by atomic mass is 10.1. The van der Waals surface area contributed by atoms with E-state index in [4.69, 9.17) is 11.6 Å². The first kappa shape index (κ1) is 18.5. The summed E-state index contributed by atoms with van der Waals surface area (Å²) in [6, 6.07) is 13.6. The number of thioether (sulfide) groups is 1. The Morgan fingerprint density at radius 2 is 2.12 bits per heavy atom. The maximum absolute atomic E-state index is 12.2. The van der Waals surface area contributed by atoms with Crippen molar-refractivity contribution >= 4 is 35.0 Å². The normalized spacial score (nSPS) is 10.7. The second-order valence-electron chi connectivity index (χ2n) is 5.81. The molecule has 1 amide bonds. The van der Waals surface area contributed by atoms with Gasteiger partial charge in [0.2, 0.25) is 5.91 Å². The Morgan fingerprint density at radius 3 is 2.88 bits per heavy atom. The minimum Gasteiger partial charge on any atom is -0.325 e. The molecule has 134 valence electrons. The lowest BCUT2D eigenvalue weighted by Crippen LogP contribution is -2.14. The molecule has 3 rings (SSSR count). The van der Waals surface area contributed by atoms with Crippen molar-refractivity contribution in [2.24, 2.45) is 0 Å². The van der Waals surface area contributed by atoms with Crippen molar-refractivity contribution in [3.05, 3.63) is 64.9 Å². The fourth-order valence-corrected chi connectivity index (χ4v) is 3.33. The summed E-state index contributed by atoms with van der Waals surface area (Å²) >= 11 is 7.53. The van der Waals surface area contributed by atoms with E-state index in [1.165, 1.54) is 17.3 Å². The minimum atomic E-state index is -0.0836. The van der Waals surface area contributed by atoms with Crippen molar-refractivity contribution in [3.8, 4) is 5.69 Å². The van der Waals surface area contributed by atoms with Gasteiger partial charge in [-0.1, -0.05) is 48.5 Å². The Balaban J connectivity index is 1.66. The number of hydrogen-bond acceptors (Lipinski definition) is 4. The molecule has 5 nitrogen and oxygen atoms in total. The molecule has 0 atom stereocenters. The van der Waals surface area contributed by atoms with Gasteiger partial charge in [-0.25, -0.2) is 0 Å². The highest BCUT2D eigenvalue weighted by Crippen LogP contribution is 2.24. The average molecular weight is 387 g/mol. The Hall–Kier alpha value is -2.31. The van der Waals surface area contributed by atoms with Crippen LogP contribution < -0.4 is 5.32 Å². The first-order chi connectivity index (χ1) is 12.6. The average Bonchev–Trinajstić information content (AvgIpc) is 3.11. The molecule has 0 spiro atoms. The zero-order chi connectivity index (χ0) is 18.5. The Kier molecular flexibility index (Phi) is 5.96. The lowest BCUT2D eigenvalue weighted by molar-refractivity contribution is -0.113. The molecule has 0 fully saturated rings. The molecular weight excluding hydrogens is 368 g/mol. The monoisotopic (exact) mass is 386 g/mol. The number of anilines is 1. The summed E-state index contributed by atoms with van der Waals surface area (Å²) in [7, 11) is 0. The second-order valence-corrected chi connectivity index (χ2v) is 7.16. The predicted molar refractivity (Wildman–Crippen MR) is 106 cm³/mol. The molecule has 0 bridgehead atoms. The molecule has 0 saturated carbocycles. The van der Waals surface area contributed by atoms with Gasteiger partial charge in [0.15, 0.2) is 5.16 Å². The highest BCUT2D eigenvalue weighted by Gasteiger charge is 2.11. The van der Waals surface area contributed by atoms with Crippen LogP contribution in [0.4, 0.5) is 5.69 Å². The molecule has 0 aliphatic rings. The third kappa shape index (κ3) is 4.45. The molecule has 1 N–H and O–H groups in total. The molecule has 1 heterocycles. The van der Waals surface area contributed by atoms with E-state index in [1.807, 2.05) is 54.0 Å². The van der Waals surface area contributed by atoms with Crippen molar-refractivity contribution < 1.29 is 4.79 Å². The quantitative estimate of drug-likeness (QED) is 0.632. The van der Waals surface area contributed by atoms with Gasteiger partial charge in [-0.15, -0.1) is 10.2 Å². The smallest absolute Gasteiger partial charge is 0.234 e. The molecule has 0 unspecified atom stereocenters. The van der Waals surface area contributed by atoms with Crippen molar-refractivity contribution in [3.63, 3.8) is 0 Å². The Morgan fingerprint density at radius 1 is 1.27 bits per heavy atom. The Labute approximate surface area is 161 Å². The third-order valence-electron chi connectivity index (χ3n) is 3.90. The van der Waals surface area contributed by atoms with Crippen LogP contribution in [-0.4, -0.2) is 26.4 Å². The first-order valence-electron chi connectivity index (χ1n) is 8.25. The van der Waals surface area contributed by atoms with Gasteiger partial charge >= 0.3 is 0 Å². The maximum atomic E-state index is 12.2. The van der Waals surface area contributed by atoms with E-state index in [-0.39, 0.29) is 11.7 Å². The van der Waals surface area contributed by atoms with Gasteiger partial charge in [0.05, 0.1) is 11.4 Å². The number of hydrogen-bond donors (Lipinski definition) is 1. The fraction of sp³-hybridized carbons (Fsp3) is 0.211. The van der Waals surface area contributed by atoms with E-state index in [0.717, 1.165) is 23.4 Å². The van der Waals surface area contributed by atoms with Crippen LogP contribution in [0.15, 0.2) is 53.9 Å². The van der Waals surface area contributed by atoms with Crippen molar-refractivity contribution in [1.29, 1.82) is 0 Å². The van der Waals surface area contributed by atoms with Gasteiger partial charge in [-0.3, -0.25) is 9.36 Å². The van der Waals surface area contributed by atoms with E-state index >= 15 is 0 Å². The van der Waals surface area contributed by atoms with Crippen LogP contribution in [-0.2, 0) is 11.2 Å². The molecule has 2 aromatic carbocycles. The number of carbonyl (C=O) groups is 1. The number of carbonyl (C=O) groups excluding carboxylic acids is 1. The number of benzene rings is 2. The minimum absolute atomic E-state index is 0.0836. The van der Waals surface area contributed by atoms with Crippen LogP contribution in [0.5, 0.6) is 0 Å². The molecule has 3 aromatic rings. The summed E-state index contributed by atoms with van der Waals surface area (Å²) < 4.78 is 1.82. The van der Waals surface area contributed by atoms with E-state index in [9.17, 15) is 4.79 Å². The van der Waals surface area contributed by atoms with Gasteiger partial charge < -0.3 is 5.32 Å². The van der Waals surface area contributed by atoms with Crippen LogP contribution in [0.3, 0.4) is 0 Å². The molecule has 1 aromatic heterocycles. The van der Waals surface area contributed by atoms with Gasteiger partial charge in [-0.2, -0.15) is 0 Å². The summed E-state index contributed by atoms with van der Waals surface area (Å²) in [5.74, 6) is 0.161. The van der Waals surface area contributed by atoms with Crippen LogP contribution in [0.1, 0.15) is 18.1 Å². The lowest BCUT2D eigenvalue weighted by Gasteiger charge is -2.09. The highest BCUT2D eigenvalue weighted by atomic mass is 35.5. The highest BCUT2D eigenvalue weighted by molar-refractivity contribution is 7.99. The number of amides is 1. The Bertz CT molecular complexity index is 925. The van der Waals surface area contributed by atoms with Crippen LogP contribution in [0, 0.1) is 6.92 Å².